The molecule has 0 aromatic carbocycles. The van der Waals surface area contributed by atoms with E-state index in [1.807, 2.05) is 6.08 Å². The second-order valence-electron chi connectivity index (χ2n) is 4.85. The largest absolute Gasteiger partial charge is 0.392 e. The first-order valence-corrected chi connectivity index (χ1v) is 6.61. The molecule has 6 nitrogen and oxygen atoms in total. The fraction of sp³-hybridized carbons (Fsp3) is 0.692. The molecule has 1 saturated heterocycles. The molecule has 0 spiro atoms. The Kier molecular flexibility index (Phi) is 6.14. The van der Waals surface area contributed by atoms with Gasteiger partial charge in [-0.05, 0) is 19.8 Å². The highest BCUT2D eigenvalue weighted by atomic mass is 16.6. The first-order chi connectivity index (χ1) is 9.06. The number of rotatable bonds is 4. The second kappa shape index (κ2) is 7.37. The molecule has 2 aliphatic rings. The monoisotopic (exact) mass is 269 g/mol. The van der Waals surface area contributed by atoms with Gasteiger partial charge in [-0.3, -0.25) is 9.59 Å². The van der Waals surface area contributed by atoms with Crippen molar-refractivity contribution < 1.29 is 14.3 Å². The van der Waals surface area contributed by atoms with Crippen LogP contribution in [0.4, 0.5) is 0 Å². The predicted octanol–water partition coefficient (Wildman–Crippen LogP) is -0.464. The minimum absolute atomic E-state index is 0.241. The lowest BCUT2D eigenvalue weighted by Crippen LogP contribution is -2.30. The maximum absolute atomic E-state index is 11.2. The van der Waals surface area contributed by atoms with Gasteiger partial charge in [0.2, 0.25) is 0 Å². The highest BCUT2D eigenvalue weighted by Crippen LogP contribution is 2.42. The SMILES string of the molecule is CC12C=CCCC1C(=O)OC2=O.NCCNCCN. The summed E-state index contributed by atoms with van der Waals surface area (Å²) in [6, 6.07) is 0. The van der Waals surface area contributed by atoms with Crippen LogP contribution in [-0.4, -0.2) is 38.1 Å². The fourth-order valence-corrected chi connectivity index (χ4v) is 2.18. The number of carbonyl (C=O) groups is 2. The van der Waals surface area contributed by atoms with E-state index < -0.39 is 11.4 Å². The summed E-state index contributed by atoms with van der Waals surface area (Å²) in [5.41, 5.74) is 9.66. The number of hydrogen-bond acceptors (Lipinski definition) is 6. The third kappa shape index (κ3) is 3.86. The molecule has 6 heteroatoms. The van der Waals surface area contributed by atoms with Crippen LogP contribution < -0.4 is 16.8 Å². The number of ether oxygens (including phenoxy) is 1. The summed E-state index contributed by atoms with van der Waals surface area (Å²) >= 11 is 0. The summed E-state index contributed by atoms with van der Waals surface area (Å²) < 4.78 is 4.58. The molecule has 1 aliphatic carbocycles. The lowest BCUT2D eigenvalue weighted by molar-refractivity contribution is -0.154. The van der Waals surface area contributed by atoms with Crippen LogP contribution in [0.1, 0.15) is 19.8 Å². The number of esters is 2. The van der Waals surface area contributed by atoms with E-state index in [0.29, 0.717) is 13.1 Å². The van der Waals surface area contributed by atoms with Crippen molar-refractivity contribution in [1.29, 1.82) is 0 Å². The third-order valence-electron chi connectivity index (χ3n) is 3.37. The van der Waals surface area contributed by atoms with E-state index >= 15 is 0 Å². The van der Waals surface area contributed by atoms with Gasteiger partial charge in [0.05, 0.1) is 11.3 Å². The van der Waals surface area contributed by atoms with Crippen molar-refractivity contribution in [2.24, 2.45) is 22.8 Å². The van der Waals surface area contributed by atoms with Gasteiger partial charge >= 0.3 is 11.9 Å². The molecule has 0 radical (unpaired) electrons. The lowest BCUT2D eigenvalue weighted by atomic mass is 9.73. The molecule has 0 aromatic heterocycles. The predicted molar refractivity (Wildman–Crippen MR) is 72.0 cm³/mol. The summed E-state index contributed by atoms with van der Waals surface area (Å²) in [4.78, 5) is 22.4. The fourth-order valence-electron chi connectivity index (χ4n) is 2.18. The van der Waals surface area contributed by atoms with Crippen molar-refractivity contribution in [2.75, 3.05) is 26.2 Å². The van der Waals surface area contributed by atoms with Crippen molar-refractivity contribution in [3.05, 3.63) is 12.2 Å². The van der Waals surface area contributed by atoms with Crippen molar-refractivity contribution in [2.45, 2.75) is 19.8 Å². The molecule has 2 unspecified atom stereocenters. The van der Waals surface area contributed by atoms with Gasteiger partial charge in [0, 0.05) is 26.2 Å². The Hall–Kier alpha value is -1.24. The molecule has 2 atom stereocenters. The Balaban J connectivity index is 0.000000224. The van der Waals surface area contributed by atoms with Crippen LogP contribution in [-0.2, 0) is 14.3 Å². The number of nitrogens with two attached hydrogens (primary N) is 2. The second-order valence-corrected chi connectivity index (χ2v) is 4.85. The molecule has 1 heterocycles. The molecule has 5 N–H and O–H groups in total. The molecule has 19 heavy (non-hydrogen) atoms. The summed E-state index contributed by atoms with van der Waals surface area (Å²) in [5.74, 6) is -0.990. The smallest absolute Gasteiger partial charge is 0.324 e. The van der Waals surface area contributed by atoms with Crippen LogP contribution in [0.5, 0.6) is 0 Å². The Labute approximate surface area is 113 Å². The Morgan fingerprint density at radius 1 is 1.37 bits per heavy atom. The average Bonchev–Trinajstić information content (AvgIpc) is 2.62. The van der Waals surface area contributed by atoms with Gasteiger partial charge in [-0.15, -0.1) is 0 Å². The summed E-state index contributed by atoms with van der Waals surface area (Å²) in [5, 5.41) is 3.03. The van der Waals surface area contributed by atoms with Crippen molar-refractivity contribution in [3.8, 4) is 0 Å². The molecule has 1 aliphatic heterocycles. The normalized spacial score (nSPS) is 28.5. The van der Waals surface area contributed by atoms with Gasteiger partial charge in [0.25, 0.3) is 0 Å². The minimum Gasteiger partial charge on any atom is -0.392 e. The van der Waals surface area contributed by atoms with Gasteiger partial charge in [-0.25, -0.2) is 0 Å². The van der Waals surface area contributed by atoms with Crippen LogP contribution in [0.15, 0.2) is 12.2 Å². The molecule has 0 bridgehead atoms. The molecule has 0 aromatic rings. The Morgan fingerprint density at radius 3 is 2.53 bits per heavy atom. The van der Waals surface area contributed by atoms with Gasteiger partial charge in [0.15, 0.2) is 0 Å². The van der Waals surface area contributed by atoms with Crippen LogP contribution >= 0.6 is 0 Å². The average molecular weight is 269 g/mol. The molecular formula is C13H23N3O3. The number of allylic oxidation sites excluding steroid dienone is 1. The highest BCUT2D eigenvalue weighted by molar-refractivity contribution is 6.00. The van der Waals surface area contributed by atoms with Crippen molar-refractivity contribution in [1.82, 2.24) is 5.32 Å². The van der Waals surface area contributed by atoms with Gasteiger partial charge in [-0.2, -0.15) is 0 Å². The zero-order chi connectivity index (χ0) is 14.3. The molecule has 108 valence electrons. The molecule has 0 saturated carbocycles. The van der Waals surface area contributed by atoms with E-state index in [0.717, 1.165) is 25.9 Å². The van der Waals surface area contributed by atoms with E-state index in [1.54, 1.807) is 13.0 Å². The van der Waals surface area contributed by atoms with Gasteiger partial charge < -0.3 is 21.5 Å². The topological polar surface area (TPSA) is 107 Å². The Bertz CT molecular complexity index is 353. The Morgan fingerprint density at radius 2 is 2.00 bits per heavy atom. The quantitative estimate of drug-likeness (QED) is 0.276. The number of nitrogens with one attached hydrogen (secondary N) is 1. The van der Waals surface area contributed by atoms with Crippen LogP contribution in [0, 0.1) is 11.3 Å². The standard InChI is InChI=1S/C9H10O3.C4H13N3/c1-9-5-3-2-4-6(9)7(10)12-8(9)11;5-1-3-7-4-2-6/h3,5-6H,2,4H2,1H3;7H,1-6H2. The van der Waals surface area contributed by atoms with Crippen LogP contribution in [0.3, 0.4) is 0 Å². The third-order valence-corrected chi connectivity index (χ3v) is 3.37. The van der Waals surface area contributed by atoms with Crippen molar-refractivity contribution >= 4 is 11.9 Å². The van der Waals surface area contributed by atoms with E-state index in [4.69, 9.17) is 11.5 Å². The van der Waals surface area contributed by atoms with Crippen molar-refractivity contribution in [3.63, 3.8) is 0 Å². The number of fused-ring (bicyclic) bond motifs is 1. The maximum atomic E-state index is 11.2. The van der Waals surface area contributed by atoms with E-state index in [2.05, 4.69) is 10.1 Å². The van der Waals surface area contributed by atoms with Crippen LogP contribution in [0.2, 0.25) is 0 Å². The summed E-state index contributed by atoms with van der Waals surface area (Å²) in [6.07, 6.45) is 5.34. The van der Waals surface area contributed by atoms with E-state index in [9.17, 15) is 9.59 Å². The summed E-state index contributed by atoms with van der Waals surface area (Å²) in [6.45, 7) is 4.90. The van der Waals surface area contributed by atoms with Gasteiger partial charge in [-0.1, -0.05) is 12.2 Å². The van der Waals surface area contributed by atoms with Gasteiger partial charge in [0.1, 0.15) is 0 Å². The van der Waals surface area contributed by atoms with E-state index in [1.165, 1.54) is 0 Å². The maximum Gasteiger partial charge on any atom is 0.324 e. The van der Waals surface area contributed by atoms with Crippen LogP contribution in [0.25, 0.3) is 0 Å². The minimum atomic E-state index is -0.671. The zero-order valence-electron chi connectivity index (χ0n) is 11.4. The first kappa shape index (κ1) is 15.8. The molecule has 1 fully saturated rings. The molecule has 0 amide bonds. The highest BCUT2D eigenvalue weighted by Gasteiger charge is 2.53. The molecule has 2 rings (SSSR count). The zero-order valence-corrected chi connectivity index (χ0v) is 11.4. The number of cyclic esters (lactones) is 2. The molecular weight excluding hydrogens is 246 g/mol. The van der Waals surface area contributed by atoms with E-state index in [-0.39, 0.29) is 11.9 Å². The number of hydrogen-bond donors (Lipinski definition) is 3. The first-order valence-electron chi connectivity index (χ1n) is 6.61. The number of carbonyl (C=O) groups excluding carboxylic acids is 2. The lowest BCUT2D eigenvalue weighted by Gasteiger charge is -2.24. The summed E-state index contributed by atoms with van der Waals surface area (Å²) in [7, 11) is 0.